The van der Waals surface area contributed by atoms with Crippen molar-refractivity contribution in [2.45, 2.75) is 0 Å². The number of fused-ring (bicyclic) bond motifs is 6. The van der Waals surface area contributed by atoms with Crippen LogP contribution in [0.5, 0.6) is 0 Å². The van der Waals surface area contributed by atoms with Gasteiger partial charge in [0, 0.05) is 59.4 Å². The first-order chi connectivity index (χ1) is 22.3. The molecule has 0 fully saturated rings. The molecule has 0 aliphatic carbocycles. The smallest absolute Gasteiger partial charge is 0.160 e. The molecule has 0 atom stereocenters. The fourth-order valence-electron chi connectivity index (χ4n) is 6.14. The summed E-state index contributed by atoms with van der Waals surface area (Å²) in [4.78, 5) is 20.0. The van der Waals surface area contributed by atoms with Crippen LogP contribution < -0.4 is 0 Å². The van der Waals surface area contributed by atoms with E-state index < -0.39 is 0 Å². The minimum absolute atomic E-state index is 0.713. The molecular weight excluding hydrogens is 569 g/mol. The van der Waals surface area contributed by atoms with Crippen LogP contribution in [-0.4, -0.2) is 19.9 Å². The van der Waals surface area contributed by atoms with E-state index in [9.17, 15) is 0 Å². The van der Waals surface area contributed by atoms with Crippen LogP contribution in [0.15, 0.2) is 146 Å². The Balaban J connectivity index is 1.26. The summed E-state index contributed by atoms with van der Waals surface area (Å²) >= 11 is 1.81. The molecule has 0 spiro atoms. The molecule has 0 saturated carbocycles. The van der Waals surface area contributed by atoms with E-state index in [2.05, 4.69) is 102 Å². The quantitative estimate of drug-likeness (QED) is 0.191. The van der Waals surface area contributed by atoms with Gasteiger partial charge in [0.25, 0.3) is 0 Å². The van der Waals surface area contributed by atoms with Gasteiger partial charge in [0.05, 0.1) is 28.1 Å². The molecular formula is C40H24N4S. The molecule has 0 saturated heterocycles. The zero-order valence-electron chi connectivity index (χ0n) is 24.1. The van der Waals surface area contributed by atoms with Gasteiger partial charge in [-0.25, -0.2) is 15.0 Å². The number of pyridine rings is 2. The van der Waals surface area contributed by atoms with Crippen LogP contribution in [0.3, 0.4) is 0 Å². The SMILES string of the molecule is c1ccc(-c2cc(-c3cccc4sc5ccc(-c6ccc7ccc8cccnc8c7n6)cc5c34)nc(-c3ccccc3)n2)cc1. The average Bonchev–Trinajstić information content (AvgIpc) is 3.50. The number of thiophene rings is 1. The lowest BCUT2D eigenvalue weighted by molar-refractivity contribution is 1.19. The molecule has 9 aromatic rings. The number of benzene rings is 5. The molecule has 0 amide bonds. The summed E-state index contributed by atoms with van der Waals surface area (Å²) in [6.45, 7) is 0. The summed E-state index contributed by atoms with van der Waals surface area (Å²) < 4.78 is 2.46. The second-order valence-electron chi connectivity index (χ2n) is 11.1. The third-order valence-corrected chi connectivity index (χ3v) is 9.46. The minimum atomic E-state index is 0.713. The van der Waals surface area contributed by atoms with Crippen LogP contribution in [0.4, 0.5) is 0 Å². The number of aromatic nitrogens is 4. The molecule has 0 aliphatic heterocycles. The average molecular weight is 593 g/mol. The first-order valence-corrected chi connectivity index (χ1v) is 15.7. The molecule has 4 aromatic heterocycles. The van der Waals surface area contributed by atoms with E-state index in [1.807, 2.05) is 48.7 Å². The topological polar surface area (TPSA) is 51.6 Å². The second-order valence-corrected chi connectivity index (χ2v) is 12.2. The summed E-state index contributed by atoms with van der Waals surface area (Å²) in [7, 11) is 0. The zero-order valence-corrected chi connectivity index (χ0v) is 24.9. The van der Waals surface area contributed by atoms with Crippen molar-refractivity contribution in [2.24, 2.45) is 0 Å². The van der Waals surface area contributed by atoms with Crippen LogP contribution in [0.25, 0.3) is 87.1 Å². The maximum absolute atomic E-state index is 5.15. The standard InChI is InChI=1S/C40H24N4S/c1-3-9-25(10-4-1)33-24-34(44-40(43-33)28-11-5-2-6-12-28)30-14-7-15-36-37(30)31-23-29(19-21-35(31)45-36)32-20-18-27-17-16-26-13-8-22-41-38(26)39(27)42-32/h1-24H. The molecule has 9 rings (SSSR count). The van der Waals surface area contributed by atoms with Gasteiger partial charge in [-0.2, -0.15) is 0 Å². The van der Waals surface area contributed by atoms with Crippen molar-refractivity contribution in [1.82, 2.24) is 19.9 Å². The summed E-state index contributed by atoms with van der Waals surface area (Å²) in [6.07, 6.45) is 1.83. The summed E-state index contributed by atoms with van der Waals surface area (Å²) in [5, 5.41) is 4.57. The van der Waals surface area contributed by atoms with Gasteiger partial charge in [0.2, 0.25) is 0 Å². The summed E-state index contributed by atoms with van der Waals surface area (Å²) in [6, 6.07) is 48.4. The van der Waals surface area contributed by atoms with E-state index in [0.29, 0.717) is 5.82 Å². The minimum Gasteiger partial charge on any atom is -0.254 e. The van der Waals surface area contributed by atoms with Crippen molar-refractivity contribution >= 4 is 53.3 Å². The molecule has 4 heterocycles. The third-order valence-electron chi connectivity index (χ3n) is 8.33. The van der Waals surface area contributed by atoms with Gasteiger partial charge in [-0.3, -0.25) is 4.98 Å². The summed E-state index contributed by atoms with van der Waals surface area (Å²) in [5.41, 5.74) is 8.80. The van der Waals surface area contributed by atoms with E-state index in [0.717, 1.165) is 61.1 Å². The Hall–Kier alpha value is -5.78. The second kappa shape index (κ2) is 10.4. The number of hydrogen-bond donors (Lipinski definition) is 0. The highest BCUT2D eigenvalue weighted by Crippen LogP contribution is 2.42. The highest BCUT2D eigenvalue weighted by Gasteiger charge is 2.16. The number of nitrogens with zero attached hydrogens (tertiary/aromatic N) is 4. The van der Waals surface area contributed by atoms with Crippen LogP contribution in [0.1, 0.15) is 0 Å². The Morgan fingerprint density at radius 3 is 2.04 bits per heavy atom. The maximum Gasteiger partial charge on any atom is 0.160 e. The van der Waals surface area contributed by atoms with E-state index in [4.69, 9.17) is 15.0 Å². The molecule has 5 aromatic carbocycles. The van der Waals surface area contributed by atoms with Gasteiger partial charge < -0.3 is 0 Å². The normalized spacial score (nSPS) is 11.6. The van der Waals surface area contributed by atoms with Crippen LogP contribution in [0.2, 0.25) is 0 Å². The monoisotopic (exact) mass is 592 g/mol. The lowest BCUT2D eigenvalue weighted by atomic mass is 9.99. The molecule has 210 valence electrons. The van der Waals surface area contributed by atoms with Crippen molar-refractivity contribution in [3.63, 3.8) is 0 Å². The molecule has 5 heteroatoms. The van der Waals surface area contributed by atoms with E-state index in [-0.39, 0.29) is 0 Å². The van der Waals surface area contributed by atoms with E-state index in [1.165, 1.54) is 20.2 Å². The van der Waals surface area contributed by atoms with Crippen molar-refractivity contribution in [3.8, 4) is 45.2 Å². The lowest BCUT2D eigenvalue weighted by Crippen LogP contribution is -1.96. The van der Waals surface area contributed by atoms with Gasteiger partial charge in [0.15, 0.2) is 5.82 Å². The van der Waals surface area contributed by atoms with Crippen LogP contribution in [0, 0.1) is 0 Å². The molecule has 0 bridgehead atoms. The van der Waals surface area contributed by atoms with Crippen molar-refractivity contribution in [2.75, 3.05) is 0 Å². The van der Waals surface area contributed by atoms with Crippen molar-refractivity contribution in [3.05, 3.63) is 146 Å². The largest absolute Gasteiger partial charge is 0.254 e. The Bertz CT molecular complexity index is 2480. The van der Waals surface area contributed by atoms with Gasteiger partial charge >= 0.3 is 0 Å². The van der Waals surface area contributed by atoms with E-state index in [1.54, 1.807) is 11.3 Å². The predicted octanol–water partition coefficient (Wildman–Crippen LogP) is 10.6. The molecule has 0 unspecified atom stereocenters. The highest BCUT2D eigenvalue weighted by atomic mass is 32.1. The Morgan fingerprint density at radius 2 is 1.20 bits per heavy atom. The zero-order chi connectivity index (χ0) is 29.7. The Morgan fingerprint density at radius 1 is 0.444 bits per heavy atom. The number of rotatable bonds is 4. The van der Waals surface area contributed by atoms with Gasteiger partial charge in [-0.15, -0.1) is 11.3 Å². The fourth-order valence-corrected chi connectivity index (χ4v) is 7.25. The molecule has 0 N–H and O–H groups in total. The first kappa shape index (κ1) is 25.7. The van der Waals surface area contributed by atoms with Crippen LogP contribution in [-0.2, 0) is 0 Å². The molecule has 0 radical (unpaired) electrons. The van der Waals surface area contributed by atoms with Crippen LogP contribution >= 0.6 is 11.3 Å². The van der Waals surface area contributed by atoms with Gasteiger partial charge in [0.1, 0.15) is 0 Å². The first-order valence-electron chi connectivity index (χ1n) is 14.9. The Labute approximate surface area is 263 Å². The predicted molar refractivity (Wildman–Crippen MR) is 187 cm³/mol. The van der Waals surface area contributed by atoms with Gasteiger partial charge in [-0.05, 0) is 36.4 Å². The third kappa shape index (κ3) is 4.44. The van der Waals surface area contributed by atoms with Gasteiger partial charge in [-0.1, -0.05) is 103 Å². The molecule has 0 aliphatic rings. The number of hydrogen-bond acceptors (Lipinski definition) is 5. The fraction of sp³-hybridized carbons (Fsp3) is 0. The highest BCUT2D eigenvalue weighted by molar-refractivity contribution is 7.26. The molecule has 45 heavy (non-hydrogen) atoms. The summed E-state index contributed by atoms with van der Waals surface area (Å²) in [5.74, 6) is 0.713. The maximum atomic E-state index is 5.15. The van der Waals surface area contributed by atoms with E-state index >= 15 is 0 Å². The van der Waals surface area contributed by atoms with Crippen molar-refractivity contribution < 1.29 is 0 Å². The molecule has 4 nitrogen and oxygen atoms in total. The van der Waals surface area contributed by atoms with Crippen molar-refractivity contribution in [1.29, 1.82) is 0 Å². The lowest BCUT2D eigenvalue weighted by Gasteiger charge is -2.11. The Kier molecular flexibility index (Phi) is 5.96.